The maximum atomic E-state index is 5.78. The summed E-state index contributed by atoms with van der Waals surface area (Å²) in [5.41, 5.74) is 1.00. The van der Waals surface area contributed by atoms with E-state index in [1.165, 1.54) is 0 Å². The molecule has 0 aromatic rings. The summed E-state index contributed by atoms with van der Waals surface area (Å²) in [5, 5.41) is 1.14. The highest BCUT2D eigenvalue weighted by atomic mass is 35.5. The molecule has 0 spiro atoms. The lowest BCUT2D eigenvalue weighted by molar-refractivity contribution is 1.37. The molecule has 0 aliphatic carbocycles. The normalized spacial score (nSPS) is 9.67. The van der Waals surface area contributed by atoms with Crippen LogP contribution in [0.2, 0.25) is 0 Å². The Balaban J connectivity index is 0. The smallest absolute Gasteiger partial charge is 0.0591 e. The lowest BCUT2D eigenvalue weighted by Gasteiger charge is -1.96. The summed E-state index contributed by atoms with van der Waals surface area (Å²) in [6.45, 7) is 11.3. The van der Waals surface area contributed by atoms with Gasteiger partial charge in [0.05, 0.1) is 10.1 Å². The molecule has 0 aliphatic rings. The van der Waals surface area contributed by atoms with Gasteiger partial charge in [0.15, 0.2) is 0 Å². The highest BCUT2D eigenvalue weighted by Gasteiger charge is 1.97. The van der Waals surface area contributed by atoms with Crippen molar-refractivity contribution in [3.63, 3.8) is 0 Å². The zero-order chi connectivity index (χ0) is 10.1. The van der Waals surface area contributed by atoms with Gasteiger partial charge in [0.2, 0.25) is 0 Å². The van der Waals surface area contributed by atoms with Crippen molar-refractivity contribution >= 4 is 23.2 Å². The van der Waals surface area contributed by atoms with E-state index < -0.39 is 0 Å². The number of hydrogen-bond donors (Lipinski definition) is 0. The van der Waals surface area contributed by atoms with Gasteiger partial charge >= 0.3 is 0 Å². The van der Waals surface area contributed by atoms with Crippen LogP contribution in [-0.4, -0.2) is 0 Å². The second-order valence-electron chi connectivity index (χ2n) is 2.06. The molecule has 0 aromatic carbocycles. The Morgan fingerprint density at radius 1 is 1.17 bits per heavy atom. The third-order valence-electron chi connectivity index (χ3n) is 0.913. The van der Waals surface area contributed by atoms with Crippen molar-refractivity contribution in [2.45, 2.75) is 27.7 Å². The summed E-state index contributed by atoms with van der Waals surface area (Å²) < 4.78 is 0. The van der Waals surface area contributed by atoms with Gasteiger partial charge in [0.1, 0.15) is 0 Å². The second-order valence-corrected chi connectivity index (χ2v) is 2.85. The van der Waals surface area contributed by atoms with Crippen LogP contribution in [-0.2, 0) is 0 Å². The predicted molar refractivity (Wildman–Crippen MR) is 59.7 cm³/mol. The Morgan fingerprint density at radius 3 is 1.83 bits per heavy atom. The first-order chi connectivity index (χ1) is 5.59. The third-order valence-corrected chi connectivity index (χ3v) is 1.91. The molecule has 0 aliphatic heterocycles. The van der Waals surface area contributed by atoms with Gasteiger partial charge in [-0.3, -0.25) is 0 Å². The molecule has 0 unspecified atom stereocenters. The van der Waals surface area contributed by atoms with Crippen molar-refractivity contribution < 1.29 is 0 Å². The molecule has 0 rings (SSSR count). The molecule has 0 bridgehead atoms. The van der Waals surface area contributed by atoms with E-state index in [-0.39, 0.29) is 0 Å². The summed E-state index contributed by atoms with van der Waals surface area (Å²) in [4.78, 5) is 0. The van der Waals surface area contributed by atoms with E-state index in [1.807, 2.05) is 27.7 Å². The van der Waals surface area contributed by atoms with Crippen molar-refractivity contribution in [3.05, 3.63) is 34.4 Å². The molecular formula is C10H16Cl2. The van der Waals surface area contributed by atoms with Crippen LogP contribution < -0.4 is 0 Å². The van der Waals surface area contributed by atoms with Crippen LogP contribution in [0.3, 0.4) is 0 Å². The van der Waals surface area contributed by atoms with E-state index in [4.69, 9.17) is 23.2 Å². The standard InChI is InChI=1S/C8H10Cl2.C2H6/c1-4-5-7(9)8(10)6(2)3;1-2/h4-5H,1H2,2-3H3;1-2H3/b7-5+;. The van der Waals surface area contributed by atoms with E-state index in [1.54, 1.807) is 12.2 Å². The van der Waals surface area contributed by atoms with E-state index >= 15 is 0 Å². The minimum absolute atomic E-state index is 0.539. The van der Waals surface area contributed by atoms with Crippen LogP contribution in [0.5, 0.6) is 0 Å². The van der Waals surface area contributed by atoms with Gasteiger partial charge < -0.3 is 0 Å². The molecule has 0 heterocycles. The number of allylic oxidation sites excluding steroid dienone is 5. The zero-order valence-electron chi connectivity index (χ0n) is 8.12. The highest BCUT2D eigenvalue weighted by Crippen LogP contribution is 2.22. The molecule has 0 saturated heterocycles. The van der Waals surface area contributed by atoms with E-state index in [0.717, 1.165) is 5.57 Å². The fourth-order valence-electron chi connectivity index (χ4n) is 0.415. The van der Waals surface area contributed by atoms with Crippen molar-refractivity contribution in [1.82, 2.24) is 0 Å². The van der Waals surface area contributed by atoms with Crippen molar-refractivity contribution in [3.8, 4) is 0 Å². The molecule has 0 saturated carbocycles. The monoisotopic (exact) mass is 206 g/mol. The molecule has 70 valence electrons. The van der Waals surface area contributed by atoms with Crippen LogP contribution >= 0.6 is 23.2 Å². The van der Waals surface area contributed by atoms with Gasteiger partial charge in [0.25, 0.3) is 0 Å². The molecule has 0 N–H and O–H groups in total. The van der Waals surface area contributed by atoms with Gasteiger partial charge in [-0.1, -0.05) is 55.3 Å². The zero-order valence-corrected chi connectivity index (χ0v) is 9.63. The van der Waals surface area contributed by atoms with Gasteiger partial charge in [-0.2, -0.15) is 0 Å². The van der Waals surface area contributed by atoms with Gasteiger partial charge in [-0.15, -0.1) is 0 Å². The quantitative estimate of drug-likeness (QED) is 0.567. The summed E-state index contributed by atoms with van der Waals surface area (Å²) in [6.07, 6.45) is 3.27. The Kier molecular flexibility index (Phi) is 10.6. The first-order valence-electron chi connectivity index (χ1n) is 3.91. The number of rotatable bonds is 2. The van der Waals surface area contributed by atoms with Crippen molar-refractivity contribution in [2.75, 3.05) is 0 Å². The molecule has 0 amide bonds. The maximum absolute atomic E-state index is 5.78. The molecule has 0 fully saturated rings. The fraction of sp³-hybridized carbons (Fsp3) is 0.400. The van der Waals surface area contributed by atoms with Gasteiger partial charge in [-0.25, -0.2) is 0 Å². The third kappa shape index (κ3) is 6.51. The SMILES string of the molecule is C=C/C=C(/Cl)C(Cl)=C(C)C.CC. The summed E-state index contributed by atoms with van der Waals surface area (Å²) >= 11 is 11.5. The molecule has 0 nitrogen and oxygen atoms in total. The first kappa shape index (κ1) is 14.3. The minimum Gasteiger partial charge on any atom is -0.0990 e. The van der Waals surface area contributed by atoms with Crippen LogP contribution in [0.25, 0.3) is 0 Å². The van der Waals surface area contributed by atoms with Gasteiger partial charge in [0, 0.05) is 0 Å². The number of hydrogen-bond acceptors (Lipinski definition) is 0. The molecular weight excluding hydrogens is 191 g/mol. The highest BCUT2D eigenvalue weighted by molar-refractivity contribution is 6.44. The summed E-state index contributed by atoms with van der Waals surface area (Å²) in [7, 11) is 0. The second kappa shape index (κ2) is 8.89. The van der Waals surface area contributed by atoms with Crippen molar-refractivity contribution in [1.29, 1.82) is 0 Å². The maximum Gasteiger partial charge on any atom is 0.0591 e. The lowest BCUT2D eigenvalue weighted by atomic mass is 10.3. The average molecular weight is 207 g/mol. The summed E-state index contributed by atoms with van der Waals surface area (Å²) in [5.74, 6) is 0. The Morgan fingerprint density at radius 2 is 1.58 bits per heavy atom. The Labute approximate surface area is 85.6 Å². The van der Waals surface area contributed by atoms with Crippen molar-refractivity contribution in [2.24, 2.45) is 0 Å². The van der Waals surface area contributed by atoms with Gasteiger partial charge in [-0.05, 0) is 19.9 Å². The Bertz CT molecular complexity index is 184. The molecule has 0 atom stereocenters. The minimum atomic E-state index is 0.539. The molecule has 2 heteroatoms. The lowest BCUT2D eigenvalue weighted by Crippen LogP contribution is -1.75. The average Bonchev–Trinajstić information content (AvgIpc) is 2.07. The molecule has 0 aromatic heterocycles. The van der Waals surface area contributed by atoms with E-state index in [9.17, 15) is 0 Å². The van der Waals surface area contributed by atoms with E-state index in [2.05, 4.69) is 6.58 Å². The largest absolute Gasteiger partial charge is 0.0990 e. The van der Waals surface area contributed by atoms with Crippen LogP contribution in [0.4, 0.5) is 0 Å². The topological polar surface area (TPSA) is 0 Å². The van der Waals surface area contributed by atoms with Crippen LogP contribution in [0, 0.1) is 0 Å². The molecule has 12 heavy (non-hydrogen) atoms. The van der Waals surface area contributed by atoms with Crippen LogP contribution in [0.15, 0.2) is 34.4 Å². The molecule has 0 radical (unpaired) electrons. The first-order valence-corrected chi connectivity index (χ1v) is 4.66. The Hall–Kier alpha value is -0.200. The fourth-order valence-corrected chi connectivity index (χ4v) is 0.757. The number of halogens is 2. The van der Waals surface area contributed by atoms with Crippen LogP contribution in [0.1, 0.15) is 27.7 Å². The summed E-state index contributed by atoms with van der Waals surface area (Å²) in [6, 6.07) is 0. The predicted octanol–water partition coefficient (Wildman–Crippen LogP) is 4.85. The van der Waals surface area contributed by atoms with E-state index in [0.29, 0.717) is 10.1 Å².